The molecular weight excluding hydrogens is 422 g/mol. The van der Waals surface area contributed by atoms with Crippen molar-refractivity contribution in [1.29, 1.82) is 0 Å². The van der Waals surface area contributed by atoms with Crippen molar-refractivity contribution >= 4 is 34.7 Å². The average molecular weight is 446 g/mol. The molecule has 162 valence electrons. The zero-order chi connectivity index (χ0) is 22.5. The monoisotopic (exact) mass is 445 g/mol. The Morgan fingerprint density at radius 3 is 2.47 bits per heavy atom. The molecule has 3 aromatic rings. The molecule has 1 saturated heterocycles. The number of imide groups is 1. The Kier molecular flexibility index (Phi) is 6.61. The second-order valence-corrected chi connectivity index (χ2v) is 8.26. The number of aryl methyl sites for hydroxylation is 1. The van der Waals surface area contributed by atoms with E-state index in [4.69, 9.17) is 9.47 Å². The van der Waals surface area contributed by atoms with Crippen LogP contribution in [0.3, 0.4) is 0 Å². The molecule has 0 aliphatic carbocycles. The first-order chi connectivity index (χ1) is 15.5. The van der Waals surface area contributed by atoms with Gasteiger partial charge in [-0.05, 0) is 67.1 Å². The minimum absolute atomic E-state index is 0.310. The van der Waals surface area contributed by atoms with Crippen LogP contribution in [0.5, 0.6) is 11.5 Å². The number of ether oxygens (including phenoxy) is 2. The largest absolute Gasteiger partial charge is 0.490 e. The Morgan fingerprint density at radius 1 is 0.906 bits per heavy atom. The number of carbonyl (C=O) groups is 2. The Bertz CT molecular complexity index is 1170. The fourth-order valence-electron chi connectivity index (χ4n) is 3.38. The maximum atomic E-state index is 12.8. The fraction of sp³-hybridized carbons (Fsp3) is 0.154. The number of carbonyl (C=O) groups excluding carboxylic acids is 2. The number of benzene rings is 3. The van der Waals surface area contributed by atoms with Gasteiger partial charge in [0.25, 0.3) is 11.1 Å². The van der Waals surface area contributed by atoms with E-state index in [1.165, 1.54) is 10.5 Å². The second kappa shape index (κ2) is 9.75. The van der Waals surface area contributed by atoms with Crippen molar-refractivity contribution in [3.05, 3.63) is 94.4 Å². The van der Waals surface area contributed by atoms with Crippen LogP contribution in [-0.2, 0) is 11.4 Å². The van der Waals surface area contributed by atoms with E-state index in [0.717, 1.165) is 22.9 Å². The average Bonchev–Trinajstić information content (AvgIpc) is 3.07. The SMILES string of the molecule is CCOc1cc(/C=C2\SC(=O)N(c3ccccc3)C2=O)ccc1OCc1cccc(C)c1. The third-order valence-electron chi connectivity index (χ3n) is 4.85. The molecule has 1 aliphatic heterocycles. The lowest BCUT2D eigenvalue weighted by Crippen LogP contribution is -2.27. The number of hydrogen-bond acceptors (Lipinski definition) is 5. The number of nitrogens with zero attached hydrogens (tertiary/aromatic N) is 1. The molecular formula is C26H23NO4S. The molecule has 0 N–H and O–H groups in total. The zero-order valence-corrected chi connectivity index (χ0v) is 18.7. The van der Waals surface area contributed by atoms with Crippen LogP contribution in [-0.4, -0.2) is 17.8 Å². The highest BCUT2D eigenvalue weighted by Crippen LogP contribution is 2.37. The quantitative estimate of drug-likeness (QED) is 0.405. The molecule has 2 amide bonds. The van der Waals surface area contributed by atoms with Crippen LogP contribution >= 0.6 is 11.8 Å². The highest BCUT2D eigenvalue weighted by molar-refractivity contribution is 8.19. The molecule has 1 fully saturated rings. The van der Waals surface area contributed by atoms with Crippen molar-refractivity contribution in [3.63, 3.8) is 0 Å². The van der Waals surface area contributed by atoms with Crippen LogP contribution in [0.25, 0.3) is 6.08 Å². The van der Waals surface area contributed by atoms with Gasteiger partial charge in [-0.25, -0.2) is 4.90 Å². The van der Waals surface area contributed by atoms with E-state index < -0.39 is 0 Å². The van der Waals surface area contributed by atoms with Gasteiger partial charge in [-0.15, -0.1) is 0 Å². The van der Waals surface area contributed by atoms with Gasteiger partial charge >= 0.3 is 0 Å². The molecule has 0 radical (unpaired) electrons. The standard InChI is InChI=1S/C26H23NO4S/c1-3-30-23-15-19(12-13-22(23)31-17-20-9-7-8-18(2)14-20)16-24-25(28)27(26(29)32-24)21-10-5-4-6-11-21/h4-16H,3,17H2,1-2H3/b24-16-. The predicted octanol–water partition coefficient (Wildman–Crippen LogP) is 6.21. The maximum absolute atomic E-state index is 12.8. The minimum Gasteiger partial charge on any atom is -0.490 e. The van der Waals surface area contributed by atoms with E-state index in [0.29, 0.717) is 35.3 Å². The number of anilines is 1. The molecule has 0 atom stereocenters. The second-order valence-electron chi connectivity index (χ2n) is 7.27. The summed E-state index contributed by atoms with van der Waals surface area (Å²) in [5.41, 5.74) is 3.57. The van der Waals surface area contributed by atoms with Crippen LogP contribution in [0.4, 0.5) is 10.5 Å². The molecule has 0 bridgehead atoms. The normalized spacial score (nSPS) is 14.8. The number of thioether (sulfide) groups is 1. The summed E-state index contributed by atoms with van der Waals surface area (Å²) in [6.07, 6.45) is 1.71. The molecule has 0 aromatic heterocycles. The highest BCUT2D eigenvalue weighted by atomic mass is 32.2. The molecule has 0 saturated carbocycles. The molecule has 1 heterocycles. The Morgan fingerprint density at radius 2 is 1.72 bits per heavy atom. The highest BCUT2D eigenvalue weighted by Gasteiger charge is 2.36. The Balaban J connectivity index is 1.55. The summed E-state index contributed by atoms with van der Waals surface area (Å²) in [7, 11) is 0. The van der Waals surface area contributed by atoms with Gasteiger partial charge in [-0.1, -0.05) is 54.1 Å². The molecule has 0 unspecified atom stereocenters. The lowest BCUT2D eigenvalue weighted by atomic mass is 10.1. The molecule has 5 nitrogen and oxygen atoms in total. The summed E-state index contributed by atoms with van der Waals surface area (Å²) >= 11 is 0.930. The van der Waals surface area contributed by atoms with Gasteiger partial charge in [0.1, 0.15) is 6.61 Å². The maximum Gasteiger partial charge on any atom is 0.298 e. The van der Waals surface area contributed by atoms with Crippen molar-refractivity contribution in [3.8, 4) is 11.5 Å². The lowest BCUT2D eigenvalue weighted by Gasteiger charge is -2.13. The first-order valence-corrected chi connectivity index (χ1v) is 11.1. The third kappa shape index (κ3) is 4.86. The number of amides is 2. The Hall–Kier alpha value is -3.51. The molecule has 3 aromatic carbocycles. The zero-order valence-electron chi connectivity index (χ0n) is 17.9. The summed E-state index contributed by atoms with van der Waals surface area (Å²) in [6, 6.07) is 22.6. The van der Waals surface area contributed by atoms with Crippen LogP contribution in [0.15, 0.2) is 77.7 Å². The van der Waals surface area contributed by atoms with Crippen LogP contribution in [0, 0.1) is 6.92 Å². The van der Waals surface area contributed by atoms with Crippen LogP contribution in [0.1, 0.15) is 23.6 Å². The first kappa shape index (κ1) is 21.7. The third-order valence-corrected chi connectivity index (χ3v) is 5.72. The van der Waals surface area contributed by atoms with Gasteiger partial charge in [0.15, 0.2) is 11.5 Å². The molecule has 4 rings (SSSR count). The molecule has 32 heavy (non-hydrogen) atoms. The van der Waals surface area contributed by atoms with Crippen molar-refractivity contribution in [2.45, 2.75) is 20.5 Å². The van der Waals surface area contributed by atoms with E-state index in [1.54, 1.807) is 30.3 Å². The lowest BCUT2D eigenvalue weighted by molar-refractivity contribution is -0.113. The number of hydrogen-bond donors (Lipinski definition) is 0. The van der Waals surface area contributed by atoms with Gasteiger partial charge in [0.05, 0.1) is 17.2 Å². The van der Waals surface area contributed by atoms with Gasteiger partial charge < -0.3 is 9.47 Å². The van der Waals surface area contributed by atoms with Gasteiger partial charge in [0.2, 0.25) is 0 Å². The summed E-state index contributed by atoms with van der Waals surface area (Å²) in [6.45, 7) is 4.86. The van der Waals surface area contributed by atoms with E-state index in [-0.39, 0.29) is 11.1 Å². The van der Waals surface area contributed by atoms with Crippen molar-refractivity contribution in [1.82, 2.24) is 0 Å². The smallest absolute Gasteiger partial charge is 0.298 e. The van der Waals surface area contributed by atoms with Crippen molar-refractivity contribution in [2.24, 2.45) is 0 Å². The van der Waals surface area contributed by atoms with E-state index in [2.05, 4.69) is 6.07 Å². The summed E-state index contributed by atoms with van der Waals surface area (Å²) in [5, 5.41) is -0.310. The summed E-state index contributed by atoms with van der Waals surface area (Å²) < 4.78 is 11.8. The summed E-state index contributed by atoms with van der Waals surface area (Å²) in [4.78, 5) is 26.8. The number of rotatable bonds is 7. The van der Waals surface area contributed by atoms with E-state index >= 15 is 0 Å². The van der Waals surface area contributed by atoms with Crippen LogP contribution in [0.2, 0.25) is 0 Å². The fourth-order valence-corrected chi connectivity index (χ4v) is 4.23. The molecule has 0 spiro atoms. The first-order valence-electron chi connectivity index (χ1n) is 10.3. The summed E-state index contributed by atoms with van der Waals surface area (Å²) in [5.74, 6) is 0.892. The van der Waals surface area contributed by atoms with E-state index in [9.17, 15) is 9.59 Å². The van der Waals surface area contributed by atoms with Crippen molar-refractivity contribution < 1.29 is 19.1 Å². The number of para-hydroxylation sites is 1. The Labute approximate surface area is 191 Å². The van der Waals surface area contributed by atoms with Gasteiger partial charge in [-0.2, -0.15) is 0 Å². The minimum atomic E-state index is -0.330. The molecule has 6 heteroatoms. The van der Waals surface area contributed by atoms with Crippen LogP contribution < -0.4 is 14.4 Å². The predicted molar refractivity (Wildman–Crippen MR) is 128 cm³/mol. The topological polar surface area (TPSA) is 55.8 Å². The van der Waals surface area contributed by atoms with Gasteiger partial charge in [0, 0.05) is 0 Å². The van der Waals surface area contributed by atoms with Gasteiger partial charge in [-0.3, -0.25) is 9.59 Å². The van der Waals surface area contributed by atoms with Crippen molar-refractivity contribution in [2.75, 3.05) is 11.5 Å². The molecule has 1 aliphatic rings. The van der Waals surface area contributed by atoms with E-state index in [1.807, 2.05) is 56.3 Å².